The lowest BCUT2D eigenvalue weighted by molar-refractivity contribution is -0.153. The number of amides is 2. The summed E-state index contributed by atoms with van der Waals surface area (Å²) in [5.41, 5.74) is 2.11. The first kappa shape index (κ1) is 31.0. The number of likely N-dealkylation sites (N-methyl/N-ethyl adjacent to an activating group) is 1. The first-order valence-corrected chi connectivity index (χ1v) is 13.6. The van der Waals surface area contributed by atoms with Crippen molar-refractivity contribution in [3.63, 3.8) is 0 Å². The molecule has 0 aliphatic heterocycles. The molecule has 4 atom stereocenters. The molecule has 8 N–H and O–H groups in total. The van der Waals surface area contributed by atoms with Gasteiger partial charge in [-0.2, -0.15) is 0 Å². The fraction of sp³-hybridized carbons (Fsp3) is 0.517. The van der Waals surface area contributed by atoms with Crippen LogP contribution in [0.2, 0.25) is 0 Å². The van der Waals surface area contributed by atoms with Crippen molar-refractivity contribution in [2.75, 3.05) is 45.0 Å². The van der Waals surface area contributed by atoms with Gasteiger partial charge in [-0.1, -0.05) is 0 Å². The van der Waals surface area contributed by atoms with E-state index >= 15 is 0 Å². The molecular formula is C29H39N5O8. The van der Waals surface area contributed by atoms with E-state index in [2.05, 4.69) is 10.6 Å². The smallest absolute Gasteiger partial charge is 0.255 e. The fourth-order valence-corrected chi connectivity index (χ4v) is 6.33. The van der Waals surface area contributed by atoms with Crippen molar-refractivity contribution in [1.29, 1.82) is 0 Å². The zero-order chi connectivity index (χ0) is 31.6. The molecule has 1 fully saturated rings. The topological polar surface area (TPSA) is 206 Å². The van der Waals surface area contributed by atoms with Crippen LogP contribution in [0.3, 0.4) is 0 Å². The van der Waals surface area contributed by atoms with Crippen molar-refractivity contribution in [3.05, 3.63) is 34.1 Å². The van der Waals surface area contributed by atoms with Gasteiger partial charge in [0.05, 0.1) is 23.8 Å². The maximum absolute atomic E-state index is 14.0. The maximum atomic E-state index is 14.0. The number of nitrogens with two attached hydrogens (primary N) is 1. The Hall–Kier alpha value is -3.94. The van der Waals surface area contributed by atoms with E-state index in [0.717, 1.165) is 0 Å². The van der Waals surface area contributed by atoms with Gasteiger partial charge in [-0.3, -0.25) is 24.1 Å². The molecule has 0 bridgehead atoms. The van der Waals surface area contributed by atoms with Crippen LogP contribution in [-0.2, 0) is 25.6 Å². The highest BCUT2D eigenvalue weighted by Crippen LogP contribution is 2.54. The number of carbonyl (C=O) groups excluding carboxylic acids is 4. The van der Waals surface area contributed by atoms with Gasteiger partial charge < -0.3 is 41.7 Å². The molecule has 0 radical (unpaired) electrons. The van der Waals surface area contributed by atoms with Crippen molar-refractivity contribution >= 4 is 40.5 Å². The van der Waals surface area contributed by atoms with Gasteiger partial charge in [0, 0.05) is 36.8 Å². The van der Waals surface area contributed by atoms with Gasteiger partial charge in [-0.05, 0) is 65.3 Å². The van der Waals surface area contributed by atoms with E-state index in [4.69, 9.17) is 5.73 Å². The molecule has 0 spiro atoms. The number of hydrogen-bond donors (Lipinski definition) is 7. The molecule has 2 amide bonds. The summed E-state index contributed by atoms with van der Waals surface area (Å²) < 4.78 is 0. The average Bonchev–Trinajstić information content (AvgIpc) is 2.85. The number of aliphatic hydroxyl groups excluding tert-OH is 2. The largest absolute Gasteiger partial charge is 0.508 e. The zero-order valence-corrected chi connectivity index (χ0v) is 24.8. The Morgan fingerprint density at radius 3 is 2.26 bits per heavy atom. The van der Waals surface area contributed by atoms with E-state index in [9.17, 15) is 39.6 Å². The summed E-state index contributed by atoms with van der Waals surface area (Å²) in [6.45, 7) is 5.62. The number of rotatable bonds is 6. The Kier molecular flexibility index (Phi) is 7.68. The quantitative estimate of drug-likeness (QED) is 0.179. The van der Waals surface area contributed by atoms with Gasteiger partial charge >= 0.3 is 0 Å². The van der Waals surface area contributed by atoms with E-state index < -0.39 is 69.7 Å². The molecule has 0 saturated heterocycles. The first-order valence-electron chi connectivity index (χ1n) is 13.6. The Morgan fingerprint density at radius 2 is 1.74 bits per heavy atom. The van der Waals surface area contributed by atoms with Crippen LogP contribution in [0.1, 0.15) is 38.3 Å². The van der Waals surface area contributed by atoms with Crippen LogP contribution >= 0.6 is 0 Å². The van der Waals surface area contributed by atoms with Crippen molar-refractivity contribution < 1.29 is 39.6 Å². The third-order valence-electron chi connectivity index (χ3n) is 8.23. The number of primary amides is 1. The molecule has 3 aliphatic carbocycles. The number of benzene rings is 1. The number of ketones is 2. The normalized spacial score (nSPS) is 25.7. The Morgan fingerprint density at radius 1 is 1.12 bits per heavy atom. The maximum Gasteiger partial charge on any atom is 0.255 e. The molecule has 0 unspecified atom stereocenters. The molecule has 4 rings (SSSR count). The van der Waals surface area contributed by atoms with Crippen LogP contribution in [0.15, 0.2) is 23.0 Å². The molecule has 3 aliphatic rings. The number of anilines is 2. The summed E-state index contributed by atoms with van der Waals surface area (Å²) in [5, 5.41) is 51.3. The molecule has 13 heteroatoms. The molecule has 13 nitrogen and oxygen atoms in total. The van der Waals surface area contributed by atoms with E-state index in [1.165, 1.54) is 4.90 Å². The monoisotopic (exact) mass is 585 g/mol. The van der Waals surface area contributed by atoms with Gasteiger partial charge in [0.25, 0.3) is 5.91 Å². The van der Waals surface area contributed by atoms with Crippen LogP contribution < -0.4 is 21.3 Å². The number of carbonyl (C=O) groups is 4. The minimum atomic E-state index is -2.73. The van der Waals surface area contributed by atoms with Crippen LogP contribution in [0.4, 0.5) is 11.4 Å². The second-order valence-corrected chi connectivity index (χ2v) is 12.7. The van der Waals surface area contributed by atoms with Crippen molar-refractivity contribution in [1.82, 2.24) is 10.2 Å². The molecule has 1 aromatic carbocycles. The van der Waals surface area contributed by atoms with Crippen LogP contribution in [0.25, 0.3) is 5.76 Å². The molecule has 228 valence electrons. The van der Waals surface area contributed by atoms with Crippen LogP contribution in [0, 0.1) is 11.8 Å². The number of Topliss-reactive ketones (excluding diaryl/α,β-unsaturated/α-hetero) is 2. The number of fused-ring (bicyclic) bond motifs is 3. The van der Waals surface area contributed by atoms with E-state index in [0.29, 0.717) is 11.3 Å². The van der Waals surface area contributed by atoms with Gasteiger partial charge in [0.2, 0.25) is 11.7 Å². The van der Waals surface area contributed by atoms with E-state index in [1.54, 1.807) is 39.2 Å². The summed E-state index contributed by atoms with van der Waals surface area (Å²) in [6.07, 6.45) is 0.117. The van der Waals surface area contributed by atoms with Crippen molar-refractivity contribution in [2.24, 2.45) is 17.6 Å². The number of aliphatic hydroxyl groups is 3. The molecule has 1 aromatic rings. The summed E-state index contributed by atoms with van der Waals surface area (Å²) in [6, 6.07) is 0.409. The highest BCUT2D eigenvalue weighted by atomic mass is 16.3. The Bertz CT molecular complexity index is 1450. The van der Waals surface area contributed by atoms with Gasteiger partial charge in [0.15, 0.2) is 11.4 Å². The lowest BCUT2D eigenvalue weighted by Crippen LogP contribution is -2.65. The number of phenolic OH excluding ortho intramolecular Hbond substituents is 1. The van der Waals surface area contributed by atoms with Crippen LogP contribution in [0.5, 0.6) is 5.75 Å². The third-order valence-corrected chi connectivity index (χ3v) is 8.23. The van der Waals surface area contributed by atoms with E-state index in [1.807, 2.05) is 20.8 Å². The molecule has 0 aromatic heterocycles. The third kappa shape index (κ3) is 4.80. The van der Waals surface area contributed by atoms with E-state index in [-0.39, 0.29) is 41.7 Å². The number of aromatic hydroxyl groups is 1. The summed E-state index contributed by atoms with van der Waals surface area (Å²) in [5.74, 6) is -7.79. The lowest BCUT2D eigenvalue weighted by Gasteiger charge is -2.50. The molecular weight excluding hydrogens is 546 g/mol. The van der Waals surface area contributed by atoms with Crippen molar-refractivity contribution in [3.8, 4) is 5.75 Å². The highest BCUT2D eigenvalue weighted by Gasteiger charge is 2.64. The second kappa shape index (κ2) is 10.4. The van der Waals surface area contributed by atoms with Gasteiger partial charge in [0.1, 0.15) is 22.8 Å². The first-order chi connectivity index (χ1) is 19.3. The van der Waals surface area contributed by atoms with Gasteiger partial charge in [-0.25, -0.2) is 0 Å². The molecule has 0 heterocycles. The summed E-state index contributed by atoms with van der Waals surface area (Å²) in [7, 11) is 6.58. The number of phenols is 1. The number of nitrogens with zero attached hydrogens (tertiary/aromatic N) is 2. The van der Waals surface area contributed by atoms with Gasteiger partial charge in [-0.15, -0.1) is 0 Å². The standard InChI is InChI=1S/C29H39N5O8/c1-28(2,3)31-11-17(35)32-15-10-16(33(4)5)13-8-12-9-14-21(34(6)7)24(38)20(27(30)41)26(40)29(14,42)25(39)18(12)23(37)19(13)22(15)36/h10,12,14,21,31,36-37,40,42H,8-9,11H2,1-7H3,(H2,30,41)(H,32,35)/t12-,14-,21-,29+/m0/s1. The minimum Gasteiger partial charge on any atom is -0.508 e. The lowest BCUT2D eigenvalue weighted by atomic mass is 9.57. The summed E-state index contributed by atoms with van der Waals surface area (Å²) >= 11 is 0. The fourth-order valence-electron chi connectivity index (χ4n) is 6.33. The molecule has 1 saturated carbocycles. The zero-order valence-electron chi connectivity index (χ0n) is 24.8. The second-order valence-electron chi connectivity index (χ2n) is 12.7. The number of nitrogens with one attached hydrogen (secondary N) is 2. The van der Waals surface area contributed by atoms with Crippen molar-refractivity contribution in [2.45, 2.75) is 50.8 Å². The SMILES string of the molecule is CN(C)c1cc(NC(=O)CNC(C)(C)C)c(O)c2c1C[C@H]1C[C@H]3[C@H](N(C)C)C(=O)C(C(N)=O)=C(O)[C@]3(O)C(=O)C1=C2O. The predicted molar refractivity (Wildman–Crippen MR) is 155 cm³/mol. The summed E-state index contributed by atoms with van der Waals surface area (Å²) in [4.78, 5) is 55.3. The Balaban J connectivity index is 1.89. The van der Waals surface area contributed by atoms with Crippen LogP contribution in [-0.4, -0.2) is 101 Å². The predicted octanol–water partition coefficient (Wildman–Crippen LogP) is 0.357. The highest BCUT2D eigenvalue weighted by molar-refractivity contribution is 6.24. The average molecular weight is 586 g/mol. The Labute approximate surface area is 243 Å². The number of hydrogen-bond acceptors (Lipinski definition) is 11. The minimum absolute atomic E-state index is 0.00158. The molecule has 42 heavy (non-hydrogen) atoms.